The normalized spacial score (nSPS) is 20.9. The van der Waals surface area contributed by atoms with Gasteiger partial charge in [-0.25, -0.2) is 16.8 Å². The topological polar surface area (TPSA) is 101 Å². The highest BCUT2D eigenvalue weighted by Gasteiger charge is 2.32. The molecule has 0 amide bonds. The van der Waals surface area contributed by atoms with Gasteiger partial charge in [-0.2, -0.15) is 0 Å². The first-order chi connectivity index (χ1) is 9.70. The molecule has 0 radical (unpaired) electrons. The molecule has 1 saturated heterocycles. The molecule has 0 bridgehead atoms. The van der Waals surface area contributed by atoms with Gasteiger partial charge in [0.1, 0.15) is 9.84 Å². The van der Waals surface area contributed by atoms with Crippen molar-refractivity contribution in [1.29, 1.82) is 0 Å². The molecular weight excluding hydrogens is 314 g/mol. The van der Waals surface area contributed by atoms with Crippen molar-refractivity contribution < 1.29 is 21.9 Å². The summed E-state index contributed by atoms with van der Waals surface area (Å²) in [6, 6.07) is 6.46. The number of aliphatic hydroxyl groups excluding tert-OH is 1. The number of hydrogen-bond donors (Lipinski definition) is 2. The quantitative estimate of drug-likeness (QED) is 0.858. The molecule has 0 saturated carbocycles. The van der Waals surface area contributed by atoms with Gasteiger partial charge in [-0.15, -0.1) is 0 Å². The lowest BCUT2D eigenvalue weighted by Crippen LogP contribution is -2.36. The minimum absolute atomic E-state index is 0.0838. The summed E-state index contributed by atoms with van der Waals surface area (Å²) >= 11 is 0. The molecule has 0 aromatic heterocycles. The van der Waals surface area contributed by atoms with Crippen molar-refractivity contribution in [3.05, 3.63) is 29.8 Å². The zero-order chi connectivity index (χ0) is 15.7. The number of anilines is 1. The molecule has 1 aromatic rings. The Morgan fingerprint density at radius 1 is 1.19 bits per heavy atom. The Morgan fingerprint density at radius 2 is 1.71 bits per heavy atom. The van der Waals surface area contributed by atoms with Crippen LogP contribution in [0.1, 0.15) is 31.4 Å². The first kappa shape index (κ1) is 16.3. The van der Waals surface area contributed by atoms with Crippen molar-refractivity contribution in [2.24, 2.45) is 0 Å². The zero-order valence-electron chi connectivity index (χ0n) is 11.7. The molecule has 6 nitrogen and oxygen atoms in total. The Kier molecular flexibility index (Phi) is 4.60. The Hall–Kier alpha value is -1.12. The third-order valence-corrected chi connectivity index (χ3v) is 7.18. The van der Waals surface area contributed by atoms with Crippen LogP contribution in [0.4, 0.5) is 5.69 Å². The van der Waals surface area contributed by atoms with E-state index in [-0.39, 0.29) is 24.3 Å². The molecule has 2 rings (SSSR count). The number of benzene rings is 1. The molecule has 118 valence electrons. The van der Waals surface area contributed by atoms with Crippen molar-refractivity contribution in [3.63, 3.8) is 0 Å². The van der Waals surface area contributed by atoms with Crippen LogP contribution in [-0.4, -0.2) is 38.7 Å². The third kappa shape index (κ3) is 4.18. The zero-order valence-corrected chi connectivity index (χ0v) is 13.3. The number of sulfonamides is 1. The number of nitrogens with one attached hydrogen (secondary N) is 1. The Balaban J connectivity index is 2.07. The van der Waals surface area contributed by atoms with E-state index in [1.54, 1.807) is 31.2 Å². The Labute approximate surface area is 125 Å². The number of hydrogen-bond acceptors (Lipinski definition) is 5. The second kappa shape index (κ2) is 5.94. The molecule has 2 N–H and O–H groups in total. The number of aliphatic hydroxyl groups is 1. The molecule has 1 atom stereocenters. The smallest absolute Gasteiger partial charge is 0.235 e. The average molecular weight is 333 g/mol. The monoisotopic (exact) mass is 333 g/mol. The van der Waals surface area contributed by atoms with E-state index in [0.29, 0.717) is 11.3 Å². The van der Waals surface area contributed by atoms with Gasteiger partial charge in [-0.05, 0) is 37.5 Å². The highest BCUT2D eigenvalue weighted by atomic mass is 32.2. The second-order valence-electron chi connectivity index (χ2n) is 5.30. The van der Waals surface area contributed by atoms with Crippen LogP contribution in [0.3, 0.4) is 0 Å². The van der Waals surface area contributed by atoms with E-state index in [1.807, 2.05) is 0 Å². The predicted octanol–water partition coefficient (Wildman–Crippen LogP) is 1.06. The maximum atomic E-state index is 12.2. The lowest BCUT2D eigenvalue weighted by molar-refractivity contribution is 0.199. The van der Waals surface area contributed by atoms with E-state index < -0.39 is 31.2 Å². The van der Waals surface area contributed by atoms with E-state index in [1.165, 1.54) is 0 Å². The maximum Gasteiger partial charge on any atom is 0.235 e. The van der Waals surface area contributed by atoms with Crippen molar-refractivity contribution in [2.75, 3.05) is 16.2 Å². The van der Waals surface area contributed by atoms with Crippen molar-refractivity contribution in [3.8, 4) is 0 Å². The van der Waals surface area contributed by atoms with E-state index in [0.717, 1.165) is 0 Å². The van der Waals surface area contributed by atoms with Gasteiger partial charge in [-0.3, -0.25) is 4.72 Å². The van der Waals surface area contributed by atoms with Crippen LogP contribution in [0, 0.1) is 0 Å². The minimum Gasteiger partial charge on any atom is -0.389 e. The summed E-state index contributed by atoms with van der Waals surface area (Å²) in [6.45, 7) is 1.63. The van der Waals surface area contributed by atoms with Crippen LogP contribution in [-0.2, 0) is 19.9 Å². The maximum absolute atomic E-state index is 12.2. The van der Waals surface area contributed by atoms with E-state index in [2.05, 4.69) is 4.72 Å². The highest BCUT2D eigenvalue weighted by Crippen LogP contribution is 2.22. The molecule has 1 aliphatic rings. The summed E-state index contributed by atoms with van der Waals surface area (Å²) in [5.41, 5.74) is 1.11. The minimum atomic E-state index is -3.60. The predicted molar refractivity (Wildman–Crippen MR) is 81.3 cm³/mol. The first-order valence-electron chi connectivity index (χ1n) is 6.70. The fraction of sp³-hybridized carbons (Fsp3) is 0.538. The van der Waals surface area contributed by atoms with Crippen LogP contribution in [0.5, 0.6) is 0 Å². The Bertz CT molecular complexity index is 679. The van der Waals surface area contributed by atoms with Gasteiger partial charge in [0.2, 0.25) is 10.0 Å². The first-order valence-corrected chi connectivity index (χ1v) is 10.1. The summed E-state index contributed by atoms with van der Waals surface area (Å²) in [6.07, 6.45) is -0.355. The summed E-state index contributed by atoms with van der Waals surface area (Å²) in [4.78, 5) is 0. The summed E-state index contributed by atoms with van der Waals surface area (Å²) < 4.78 is 49.6. The van der Waals surface area contributed by atoms with Gasteiger partial charge in [0.15, 0.2) is 0 Å². The summed E-state index contributed by atoms with van der Waals surface area (Å²) in [7, 11) is -6.68. The fourth-order valence-corrected chi connectivity index (χ4v) is 5.53. The Morgan fingerprint density at radius 3 is 2.19 bits per heavy atom. The molecule has 1 aliphatic heterocycles. The third-order valence-electron chi connectivity index (χ3n) is 3.59. The average Bonchev–Trinajstić information content (AvgIpc) is 2.38. The van der Waals surface area contributed by atoms with Gasteiger partial charge in [0.05, 0.1) is 22.9 Å². The van der Waals surface area contributed by atoms with E-state index in [9.17, 15) is 21.9 Å². The SMILES string of the molecule is CC(O)c1ccc(NS(=O)(=O)C2CCS(=O)(=O)CC2)cc1. The van der Waals surface area contributed by atoms with Crippen molar-refractivity contribution >= 4 is 25.5 Å². The van der Waals surface area contributed by atoms with Gasteiger partial charge in [0, 0.05) is 5.69 Å². The van der Waals surface area contributed by atoms with Crippen LogP contribution in [0.15, 0.2) is 24.3 Å². The standard InChI is InChI=1S/C13H19NO5S2/c1-10(15)11-2-4-12(5-3-11)14-21(18,19)13-6-8-20(16,17)9-7-13/h2-5,10,13-15H,6-9H2,1H3. The van der Waals surface area contributed by atoms with Crippen LogP contribution < -0.4 is 4.72 Å². The number of rotatable bonds is 4. The van der Waals surface area contributed by atoms with Crippen LogP contribution in [0.2, 0.25) is 0 Å². The fourth-order valence-electron chi connectivity index (χ4n) is 2.26. The van der Waals surface area contributed by atoms with E-state index >= 15 is 0 Å². The largest absolute Gasteiger partial charge is 0.389 e. The summed E-state index contributed by atoms with van der Waals surface area (Å²) in [5.74, 6) is -0.168. The van der Waals surface area contributed by atoms with Gasteiger partial charge in [-0.1, -0.05) is 12.1 Å². The lowest BCUT2D eigenvalue weighted by Gasteiger charge is -2.22. The van der Waals surface area contributed by atoms with Crippen LogP contribution in [0.25, 0.3) is 0 Å². The molecule has 0 spiro atoms. The molecule has 21 heavy (non-hydrogen) atoms. The molecule has 1 fully saturated rings. The molecule has 1 unspecified atom stereocenters. The molecule has 1 aromatic carbocycles. The second-order valence-corrected chi connectivity index (χ2v) is 9.56. The number of sulfone groups is 1. The van der Waals surface area contributed by atoms with Gasteiger partial charge < -0.3 is 5.11 Å². The molecule has 8 heteroatoms. The van der Waals surface area contributed by atoms with Gasteiger partial charge in [0.25, 0.3) is 0 Å². The lowest BCUT2D eigenvalue weighted by atomic mass is 10.1. The molecule has 1 heterocycles. The summed E-state index contributed by atoms with van der Waals surface area (Å²) in [5, 5.41) is 8.72. The highest BCUT2D eigenvalue weighted by molar-refractivity contribution is 7.94. The van der Waals surface area contributed by atoms with Crippen molar-refractivity contribution in [2.45, 2.75) is 31.1 Å². The molecular formula is C13H19NO5S2. The van der Waals surface area contributed by atoms with Crippen LogP contribution >= 0.6 is 0 Å². The van der Waals surface area contributed by atoms with Crippen molar-refractivity contribution in [1.82, 2.24) is 0 Å². The molecule has 0 aliphatic carbocycles. The van der Waals surface area contributed by atoms with E-state index in [4.69, 9.17) is 0 Å². The van der Waals surface area contributed by atoms with Gasteiger partial charge >= 0.3 is 0 Å².